The summed E-state index contributed by atoms with van der Waals surface area (Å²) in [5, 5.41) is 12.0. The lowest BCUT2D eigenvalue weighted by Crippen LogP contribution is -2.15. The molecule has 0 atom stereocenters. The molecule has 128 valence electrons. The van der Waals surface area contributed by atoms with Gasteiger partial charge in [0.25, 0.3) is 0 Å². The van der Waals surface area contributed by atoms with E-state index in [4.69, 9.17) is 0 Å². The molecule has 2 heterocycles. The van der Waals surface area contributed by atoms with Crippen molar-refractivity contribution in [3.05, 3.63) is 53.9 Å². The van der Waals surface area contributed by atoms with Gasteiger partial charge in [-0.15, -0.1) is 10.2 Å². The Kier molecular flexibility index (Phi) is 5.14. The molecule has 0 aliphatic carbocycles. The molecule has 6 nitrogen and oxygen atoms in total. The van der Waals surface area contributed by atoms with Crippen molar-refractivity contribution in [3.8, 4) is 11.4 Å². The number of aryl methyl sites for hydroxylation is 2. The van der Waals surface area contributed by atoms with Crippen molar-refractivity contribution < 1.29 is 4.79 Å². The van der Waals surface area contributed by atoms with Crippen LogP contribution in [0.25, 0.3) is 11.4 Å². The summed E-state index contributed by atoms with van der Waals surface area (Å²) in [4.78, 5) is 16.3. The smallest absolute Gasteiger partial charge is 0.234 e. The van der Waals surface area contributed by atoms with Crippen LogP contribution in [0, 0.1) is 13.8 Å². The third-order valence-corrected chi connectivity index (χ3v) is 4.76. The second kappa shape index (κ2) is 7.48. The molecule has 0 radical (unpaired) electrons. The van der Waals surface area contributed by atoms with E-state index in [-0.39, 0.29) is 11.7 Å². The van der Waals surface area contributed by atoms with Gasteiger partial charge in [0.05, 0.1) is 5.75 Å². The lowest BCUT2D eigenvalue weighted by atomic mass is 10.1. The SMILES string of the molecule is Cc1ccc(NC(=O)CSc2nnc(-c3cccnc3)n2C)c(C)c1. The Balaban J connectivity index is 1.64. The number of nitrogens with one attached hydrogen (secondary N) is 1. The van der Waals surface area contributed by atoms with Crippen molar-refractivity contribution in [1.82, 2.24) is 19.7 Å². The van der Waals surface area contributed by atoms with E-state index in [2.05, 4.69) is 20.5 Å². The van der Waals surface area contributed by atoms with Gasteiger partial charge in [0.2, 0.25) is 5.91 Å². The van der Waals surface area contributed by atoms with Gasteiger partial charge >= 0.3 is 0 Å². The summed E-state index contributed by atoms with van der Waals surface area (Å²) < 4.78 is 1.87. The molecule has 0 fully saturated rings. The maximum atomic E-state index is 12.2. The van der Waals surface area contributed by atoms with Gasteiger partial charge in [-0.1, -0.05) is 29.5 Å². The van der Waals surface area contributed by atoms with Crippen LogP contribution in [0.1, 0.15) is 11.1 Å². The van der Waals surface area contributed by atoms with Crippen molar-refractivity contribution in [2.24, 2.45) is 7.05 Å². The molecule has 0 aliphatic heterocycles. The zero-order valence-corrected chi connectivity index (χ0v) is 15.2. The zero-order chi connectivity index (χ0) is 17.8. The quantitative estimate of drug-likeness (QED) is 0.713. The van der Waals surface area contributed by atoms with Crippen LogP contribution in [-0.4, -0.2) is 31.4 Å². The summed E-state index contributed by atoms with van der Waals surface area (Å²) in [5.74, 6) is 0.931. The summed E-state index contributed by atoms with van der Waals surface area (Å²) in [7, 11) is 1.88. The van der Waals surface area contributed by atoms with Crippen LogP contribution in [0.15, 0.2) is 47.9 Å². The van der Waals surface area contributed by atoms with Crippen molar-refractivity contribution in [1.29, 1.82) is 0 Å². The predicted octanol–water partition coefficient (Wildman–Crippen LogP) is 3.22. The van der Waals surface area contributed by atoms with E-state index in [1.54, 1.807) is 12.4 Å². The van der Waals surface area contributed by atoms with E-state index in [1.165, 1.54) is 17.3 Å². The first kappa shape index (κ1) is 17.2. The largest absolute Gasteiger partial charge is 0.325 e. The van der Waals surface area contributed by atoms with Crippen LogP contribution in [-0.2, 0) is 11.8 Å². The van der Waals surface area contributed by atoms with E-state index >= 15 is 0 Å². The van der Waals surface area contributed by atoms with Gasteiger partial charge in [-0.3, -0.25) is 9.78 Å². The van der Waals surface area contributed by atoms with Gasteiger partial charge in [0, 0.05) is 30.7 Å². The fraction of sp³-hybridized carbons (Fsp3) is 0.222. The summed E-state index contributed by atoms with van der Waals surface area (Å²) >= 11 is 1.36. The molecule has 0 spiro atoms. The Bertz CT molecular complexity index is 892. The van der Waals surface area contributed by atoms with E-state index in [0.717, 1.165) is 22.6 Å². The molecular formula is C18H19N5OS. The molecule has 0 unspecified atom stereocenters. The molecule has 0 bridgehead atoms. The third-order valence-electron chi connectivity index (χ3n) is 3.74. The van der Waals surface area contributed by atoms with Crippen molar-refractivity contribution >= 4 is 23.4 Å². The number of thioether (sulfide) groups is 1. The third kappa shape index (κ3) is 4.06. The van der Waals surface area contributed by atoms with Gasteiger partial charge < -0.3 is 9.88 Å². The monoisotopic (exact) mass is 353 g/mol. The van der Waals surface area contributed by atoms with Gasteiger partial charge in [-0.25, -0.2) is 0 Å². The second-order valence-corrected chi connectivity index (χ2v) is 6.70. The number of aromatic nitrogens is 4. The summed E-state index contributed by atoms with van der Waals surface area (Å²) in [5.41, 5.74) is 3.96. The molecule has 7 heteroatoms. The van der Waals surface area contributed by atoms with Gasteiger partial charge in [0.15, 0.2) is 11.0 Å². The van der Waals surface area contributed by atoms with Crippen LogP contribution >= 0.6 is 11.8 Å². The first-order valence-electron chi connectivity index (χ1n) is 7.84. The average Bonchev–Trinajstić information content (AvgIpc) is 2.97. The number of pyridine rings is 1. The number of carbonyl (C=O) groups excluding carboxylic acids is 1. The average molecular weight is 353 g/mol. The van der Waals surface area contributed by atoms with Gasteiger partial charge in [-0.05, 0) is 37.6 Å². The number of hydrogen-bond acceptors (Lipinski definition) is 5. The standard InChI is InChI=1S/C18H19N5OS/c1-12-6-7-15(13(2)9-12)20-16(24)11-25-18-22-21-17(23(18)3)14-5-4-8-19-10-14/h4-10H,11H2,1-3H3,(H,20,24). The van der Waals surface area contributed by atoms with E-state index in [1.807, 2.05) is 55.8 Å². The molecule has 1 aromatic carbocycles. The van der Waals surface area contributed by atoms with E-state index in [0.29, 0.717) is 5.16 Å². The first-order chi connectivity index (χ1) is 12.0. The highest BCUT2D eigenvalue weighted by atomic mass is 32.2. The number of rotatable bonds is 5. The lowest BCUT2D eigenvalue weighted by molar-refractivity contribution is -0.113. The van der Waals surface area contributed by atoms with Gasteiger partial charge in [-0.2, -0.15) is 0 Å². The Morgan fingerprint density at radius 3 is 2.80 bits per heavy atom. The van der Waals surface area contributed by atoms with E-state index in [9.17, 15) is 4.79 Å². The fourth-order valence-electron chi connectivity index (χ4n) is 2.46. The lowest BCUT2D eigenvalue weighted by Gasteiger charge is -2.09. The Labute approximate surface area is 150 Å². The minimum Gasteiger partial charge on any atom is -0.325 e. The van der Waals surface area contributed by atoms with Crippen LogP contribution in [0.5, 0.6) is 0 Å². The Hall–Kier alpha value is -2.67. The highest BCUT2D eigenvalue weighted by Crippen LogP contribution is 2.22. The summed E-state index contributed by atoms with van der Waals surface area (Å²) in [6, 6.07) is 9.74. The topological polar surface area (TPSA) is 72.7 Å². The minimum absolute atomic E-state index is 0.0668. The maximum Gasteiger partial charge on any atom is 0.234 e. The predicted molar refractivity (Wildman–Crippen MR) is 99.5 cm³/mol. The molecule has 0 saturated heterocycles. The molecular weight excluding hydrogens is 334 g/mol. The molecule has 0 saturated carbocycles. The summed E-state index contributed by atoms with van der Waals surface area (Å²) in [6.07, 6.45) is 3.46. The normalized spacial score (nSPS) is 10.7. The van der Waals surface area contributed by atoms with Crippen LogP contribution in [0.3, 0.4) is 0 Å². The highest BCUT2D eigenvalue weighted by molar-refractivity contribution is 7.99. The molecule has 3 rings (SSSR count). The number of hydrogen-bond donors (Lipinski definition) is 1. The van der Waals surface area contributed by atoms with Crippen molar-refractivity contribution in [2.45, 2.75) is 19.0 Å². The van der Waals surface area contributed by atoms with Crippen LogP contribution in [0.4, 0.5) is 5.69 Å². The van der Waals surface area contributed by atoms with Crippen molar-refractivity contribution in [3.63, 3.8) is 0 Å². The summed E-state index contributed by atoms with van der Waals surface area (Å²) in [6.45, 7) is 4.01. The zero-order valence-electron chi connectivity index (χ0n) is 14.4. The number of benzene rings is 1. The maximum absolute atomic E-state index is 12.2. The molecule has 3 aromatic rings. The molecule has 0 aliphatic rings. The minimum atomic E-state index is -0.0668. The van der Waals surface area contributed by atoms with Crippen LogP contribution in [0.2, 0.25) is 0 Å². The Morgan fingerprint density at radius 1 is 1.24 bits per heavy atom. The molecule has 2 aromatic heterocycles. The highest BCUT2D eigenvalue weighted by Gasteiger charge is 2.13. The molecule has 25 heavy (non-hydrogen) atoms. The van der Waals surface area contributed by atoms with E-state index < -0.39 is 0 Å². The van der Waals surface area contributed by atoms with Crippen LogP contribution < -0.4 is 5.32 Å². The second-order valence-electron chi connectivity index (χ2n) is 5.76. The van der Waals surface area contributed by atoms with Crippen molar-refractivity contribution in [2.75, 3.05) is 11.1 Å². The Morgan fingerprint density at radius 2 is 2.08 bits per heavy atom. The fourth-order valence-corrected chi connectivity index (χ4v) is 3.17. The number of nitrogens with zero attached hydrogens (tertiary/aromatic N) is 4. The number of anilines is 1. The number of amides is 1. The van der Waals surface area contributed by atoms with Gasteiger partial charge in [0.1, 0.15) is 0 Å². The molecule has 1 N–H and O–H groups in total. The first-order valence-corrected chi connectivity index (χ1v) is 8.83. The molecule has 1 amide bonds. The number of carbonyl (C=O) groups is 1.